The highest BCUT2D eigenvalue weighted by Crippen LogP contribution is 2.39. The lowest BCUT2D eigenvalue weighted by molar-refractivity contribution is -0.114. The van der Waals surface area contributed by atoms with Gasteiger partial charge in [-0.1, -0.05) is 18.2 Å². The molecule has 0 bridgehead atoms. The topological polar surface area (TPSA) is 97.1 Å². The largest absolute Gasteiger partial charge is 0.496 e. The molecular weight excluding hydrogens is 386 g/mol. The van der Waals surface area contributed by atoms with Gasteiger partial charge < -0.3 is 24.7 Å². The Morgan fingerprint density at radius 1 is 1.07 bits per heavy atom. The second-order valence-corrected chi connectivity index (χ2v) is 6.37. The number of allylic oxidation sites excluding steroid dienone is 6. The second kappa shape index (κ2) is 10.2. The van der Waals surface area contributed by atoms with Crippen LogP contribution in [-0.4, -0.2) is 40.3 Å². The van der Waals surface area contributed by atoms with Crippen LogP contribution in [0.1, 0.15) is 12.5 Å². The van der Waals surface area contributed by atoms with Gasteiger partial charge in [0.2, 0.25) is 5.75 Å². The van der Waals surface area contributed by atoms with E-state index in [1.54, 1.807) is 49.4 Å². The molecule has 0 fully saturated rings. The van der Waals surface area contributed by atoms with E-state index in [0.717, 1.165) is 0 Å². The summed E-state index contributed by atoms with van der Waals surface area (Å²) < 4.78 is 21.6. The zero-order chi connectivity index (χ0) is 22.3. The third kappa shape index (κ3) is 4.64. The van der Waals surface area contributed by atoms with E-state index >= 15 is 0 Å². The molecule has 0 saturated heterocycles. The molecule has 0 saturated carbocycles. The summed E-state index contributed by atoms with van der Waals surface area (Å²) in [5, 5.41) is 0. The van der Waals surface area contributed by atoms with Crippen molar-refractivity contribution in [3.63, 3.8) is 0 Å². The van der Waals surface area contributed by atoms with Crippen LogP contribution >= 0.6 is 0 Å². The van der Waals surface area contributed by atoms with Crippen molar-refractivity contribution in [3.05, 3.63) is 64.5 Å². The summed E-state index contributed by atoms with van der Waals surface area (Å²) in [5.41, 5.74) is 7.46. The zero-order valence-electron chi connectivity index (χ0n) is 17.6. The fraction of sp³-hybridized carbons (Fsp3) is 0.261. The number of nitrogens with two attached hydrogens (primary N) is 1. The van der Waals surface area contributed by atoms with Gasteiger partial charge in [0.1, 0.15) is 11.7 Å². The van der Waals surface area contributed by atoms with Crippen molar-refractivity contribution in [2.24, 2.45) is 11.7 Å². The van der Waals surface area contributed by atoms with E-state index in [-0.39, 0.29) is 11.3 Å². The van der Waals surface area contributed by atoms with E-state index in [2.05, 4.69) is 0 Å². The van der Waals surface area contributed by atoms with Crippen molar-refractivity contribution in [1.29, 1.82) is 0 Å². The van der Waals surface area contributed by atoms with Crippen molar-refractivity contribution in [2.45, 2.75) is 6.92 Å². The molecule has 1 aromatic rings. The zero-order valence-corrected chi connectivity index (χ0v) is 17.6. The number of rotatable bonds is 8. The Hall–Kier alpha value is -3.70. The predicted molar refractivity (Wildman–Crippen MR) is 114 cm³/mol. The molecule has 1 aliphatic carbocycles. The number of carbonyl (C=O) groups is 1. The summed E-state index contributed by atoms with van der Waals surface area (Å²) in [7, 11) is 5.97. The van der Waals surface area contributed by atoms with Crippen LogP contribution in [0, 0.1) is 5.92 Å². The quantitative estimate of drug-likeness (QED) is 0.306. The first-order chi connectivity index (χ1) is 14.4. The number of primary amides is 1. The van der Waals surface area contributed by atoms with Crippen molar-refractivity contribution in [2.75, 3.05) is 28.4 Å². The van der Waals surface area contributed by atoms with Crippen molar-refractivity contribution in [3.8, 4) is 17.2 Å². The molecule has 0 aromatic heterocycles. The van der Waals surface area contributed by atoms with Gasteiger partial charge in [-0.3, -0.25) is 4.79 Å². The van der Waals surface area contributed by atoms with E-state index in [1.807, 2.05) is 5.94 Å². The normalized spacial score (nSPS) is 16.5. The van der Waals surface area contributed by atoms with Crippen LogP contribution in [0.5, 0.6) is 17.2 Å². The molecule has 1 amide bonds. The van der Waals surface area contributed by atoms with Crippen LogP contribution in [0.4, 0.5) is 0 Å². The lowest BCUT2D eigenvalue weighted by atomic mass is 9.85. The van der Waals surface area contributed by atoms with E-state index < -0.39 is 11.8 Å². The fourth-order valence-corrected chi connectivity index (χ4v) is 3.25. The lowest BCUT2D eigenvalue weighted by Gasteiger charge is -2.20. The van der Waals surface area contributed by atoms with Gasteiger partial charge >= 0.3 is 0 Å². The molecule has 0 radical (unpaired) electrons. The number of carbonyl (C=O) groups excluding carboxylic acids is 2. The fourth-order valence-electron chi connectivity index (χ4n) is 3.25. The maximum Gasteiger partial charge on any atom is 0.252 e. The van der Waals surface area contributed by atoms with Gasteiger partial charge in [-0.15, -0.1) is 0 Å². The molecular formula is C23H25NO6. The minimum atomic E-state index is -0.679. The van der Waals surface area contributed by atoms with Gasteiger partial charge in [-0.2, -0.15) is 0 Å². The molecule has 7 heteroatoms. The van der Waals surface area contributed by atoms with Crippen LogP contribution in [-0.2, 0) is 14.3 Å². The molecule has 0 heterocycles. The number of hydrogen-bond donors (Lipinski definition) is 1. The van der Waals surface area contributed by atoms with Gasteiger partial charge in [-0.05, 0) is 42.3 Å². The highest BCUT2D eigenvalue weighted by molar-refractivity contribution is 5.98. The molecule has 7 nitrogen and oxygen atoms in total. The first kappa shape index (κ1) is 22.6. The molecule has 30 heavy (non-hydrogen) atoms. The summed E-state index contributed by atoms with van der Waals surface area (Å²) in [6.07, 6.45) is 8.61. The molecule has 2 rings (SSSR count). The number of ether oxygens (including phenoxy) is 4. The SMILES string of the molecule is COC(=C/c1cc(OC)c(OC)c(OC)c1)/C(C(N)=O)=C(/C)C1C=CC=CC1=C=O. The van der Waals surface area contributed by atoms with Crippen LogP contribution in [0.25, 0.3) is 6.08 Å². The molecule has 1 aliphatic rings. The minimum Gasteiger partial charge on any atom is -0.496 e. The molecule has 2 N–H and O–H groups in total. The van der Waals surface area contributed by atoms with Crippen molar-refractivity contribution in [1.82, 2.24) is 0 Å². The molecule has 0 aliphatic heterocycles. The van der Waals surface area contributed by atoms with E-state index in [9.17, 15) is 9.59 Å². The van der Waals surface area contributed by atoms with Crippen LogP contribution in [0.2, 0.25) is 0 Å². The molecule has 1 atom stereocenters. The smallest absolute Gasteiger partial charge is 0.252 e. The predicted octanol–water partition coefficient (Wildman–Crippen LogP) is 3.00. The van der Waals surface area contributed by atoms with Crippen molar-refractivity contribution < 1.29 is 28.5 Å². The minimum absolute atomic E-state index is 0.170. The second-order valence-electron chi connectivity index (χ2n) is 6.37. The first-order valence-electron chi connectivity index (χ1n) is 9.08. The molecule has 0 spiro atoms. The highest BCUT2D eigenvalue weighted by atomic mass is 16.5. The molecule has 158 valence electrons. The monoisotopic (exact) mass is 411 g/mol. The van der Waals surface area contributed by atoms with Gasteiger partial charge in [0, 0.05) is 11.5 Å². The average Bonchev–Trinajstić information content (AvgIpc) is 2.77. The average molecular weight is 411 g/mol. The molecule has 1 aromatic carbocycles. The Morgan fingerprint density at radius 3 is 2.17 bits per heavy atom. The standard InChI is InChI=1S/C23H25NO6/c1-14(17-9-7-6-8-16(17)13-25)21(23(24)26)18(27-2)10-15-11-19(28-3)22(30-5)20(12-15)29-4/h6-12,17H,1-5H3,(H2,24,26)/b18-10+,21-14+. The van der Waals surface area contributed by atoms with E-state index in [1.165, 1.54) is 28.4 Å². The van der Waals surface area contributed by atoms with Gasteiger partial charge in [0.25, 0.3) is 5.91 Å². The Labute approximate surface area is 175 Å². The van der Waals surface area contributed by atoms with Crippen LogP contribution in [0.3, 0.4) is 0 Å². The van der Waals surface area contributed by atoms with E-state index in [4.69, 9.17) is 24.7 Å². The number of hydrogen-bond acceptors (Lipinski definition) is 6. The molecule has 1 unspecified atom stereocenters. The van der Waals surface area contributed by atoms with Gasteiger partial charge in [-0.25, -0.2) is 4.79 Å². The highest BCUT2D eigenvalue weighted by Gasteiger charge is 2.24. The summed E-state index contributed by atoms with van der Waals surface area (Å²) >= 11 is 0. The van der Waals surface area contributed by atoms with Gasteiger partial charge in [0.15, 0.2) is 11.5 Å². The number of methoxy groups -OCH3 is 4. The Morgan fingerprint density at radius 2 is 1.70 bits per heavy atom. The summed E-state index contributed by atoms with van der Waals surface area (Å²) in [4.78, 5) is 23.7. The Bertz CT molecular complexity index is 968. The third-order valence-corrected chi connectivity index (χ3v) is 4.70. The maximum absolute atomic E-state index is 12.3. The summed E-state index contributed by atoms with van der Waals surface area (Å²) in [6, 6.07) is 3.43. The number of benzene rings is 1. The van der Waals surface area contributed by atoms with Crippen LogP contribution < -0.4 is 19.9 Å². The maximum atomic E-state index is 12.3. The Kier molecular flexibility index (Phi) is 7.67. The van der Waals surface area contributed by atoms with Gasteiger partial charge in [0.05, 0.1) is 34.0 Å². The number of amides is 1. The Balaban J connectivity index is 2.66. The van der Waals surface area contributed by atoms with Crippen molar-refractivity contribution >= 4 is 17.9 Å². The van der Waals surface area contributed by atoms with E-state index in [0.29, 0.717) is 34.0 Å². The summed E-state index contributed by atoms with van der Waals surface area (Å²) in [5.74, 6) is 2.38. The summed E-state index contributed by atoms with van der Waals surface area (Å²) in [6.45, 7) is 1.73. The third-order valence-electron chi connectivity index (χ3n) is 4.70. The lowest BCUT2D eigenvalue weighted by Crippen LogP contribution is -2.21. The first-order valence-corrected chi connectivity index (χ1v) is 9.08. The van der Waals surface area contributed by atoms with Crippen LogP contribution in [0.15, 0.2) is 58.9 Å².